The normalized spacial score (nSPS) is 14.0. The van der Waals surface area contributed by atoms with Gasteiger partial charge in [0.1, 0.15) is 23.7 Å². The summed E-state index contributed by atoms with van der Waals surface area (Å²) in [6.45, 7) is 6.49. The van der Waals surface area contributed by atoms with Crippen LogP contribution in [-0.4, -0.2) is 45.7 Å². The number of carbonyl (C=O) groups is 2. The number of anilines is 1. The molecule has 0 atom stereocenters. The van der Waals surface area contributed by atoms with Crippen LogP contribution >= 0.6 is 0 Å². The fourth-order valence-corrected chi connectivity index (χ4v) is 3.67. The molecule has 1 aromatic carbocycles. The maximum Gasteiger partial charge on any atom is 0.412 e. The molecule has 9 heteroatoms. The first-order valence-electron chi connectivity index (χ1n) is 11.0. The van der Waals surface area contributed by atoms with E-state index in [1.807, 2.05) is 39.1 Å². The maximum absolute atomic E-state index is 13.3. The van der Waals surface area contributed by atoms with Crippen molar-refractivity contribution in [1.29, 1.82) is 0 Å². The van der Waals surface area contributed by atoms with E-state index < -0.39 is 11.7 Å². The molecule has 3 heterocycles. The number of halogens is 1. The lowest BCUT2D eigenvalue weighted by atomic mass is 9.99. The fourth-order valence-electron chi connectivity index (χ4n) is 3.67. The molecule has 0 aliphatic carbocycles. The van der Waals surface area contributed by atoms with Crippen LogP contribution in [0.4, 0.5) is 19.7 Å². The van der Waals surface area contributed by atoms with Gasteiger partial charge in [0.05, 0.1) is 11.9 Å². The SMILES string of the molecule is CC(C)(C)OC(=O)N1CC=C(c2c[nH]c3ncc(NC(=O)OCc4cccc(F)c4)cc23)CC1. The molecular formula is C25H27FN4O4. The summed E-state index contributed by atoms with van der Waals surface area (Å²) in [4.78, 5) is 33.7. The Hall–Kier alpha value is -3.88. The second-order valence-electron chi connectivity index (χ2n) is 9.06. The number of pyridine rings is 1. The van der Waals surface area contributed by atoms with Gasteiger partial charge in [-0.2, -0.15) is 0 Å². The molecule has 1 aliphatic heterocycles. The molecule has 0 unspecified atom stereocenters. The number of ether oxygens (including phenoxy) is 2. The molecule has 2 amide bonds. The highest BCUT2D eigenvalue weighted by Crippen LogP contribution is 2.30. The zero-order valence-electron chi connectivity index (χ0n) is 19.4. The molecule has 0 bridgehead atoms. The lowest BCUT2D eigenvalue weighted by Gasteiger charge is -2.29. The van der Waals surface area contributed by atoms with Gasteiger partial charge in [0.2, 0.25) is 0 Å². The zero-order valence-corrected chi connectivity index (χ0v) is 19.4. The monoisotopic (exact) mass is 466 g/mol. The maximum atomic E-state index is 13.3. The van der Waals surface area contributed by atoms with Crippen molar-refractivity contribution in [2.24, 2.45) is 0 Å². The number of benzene rings is 1. The van der Waals surface area contributed by atoms with Crippen molar-refractivity contribution < 1.29 is 23.5 Å². The van der Waals surface area contributed by atoms with Gasteiger partial charge in [-0.05, 0) is 56.5 Å². The molecule has 178 valence electrons. The summed E-state index contributed by atoms with van der Waals surface area (Å²) < 4.78 is 23.9. The minimum Gasteiger partial charge on any atom is -0.444 e. The molecule has 0 saturated heterocycles. The number of aromatic amines is 1. The second-order valence-corrected chi connectivity index (χ2v) is 9.06. The molecule has 2 N–H and O–H groups in total. The van der Waals surface area contributed by atoms with Crippen molar-refractivity contribution in [1.82, 2.24) is 14.9 Å². The lowest BCUT2D eigenvalue weighted by molar-refractivity contribution is 0.0270. The first kappa shape index (κ1) is 23.3. The molecule has 2 aromatic heterocycles. The molecule has 0 saturated carbocycles. The Labute approximate surface area is 196 Å². The van der Waals surface area contributed by atoms with E-state index >= 15 is 0 Å². The number of hydrogen-bond donors (Lipinski definition) is 2. The Morgan fingerprint density at radius 2 is 2.09 bits per heavy atom. The molecule has 3 aromatic rings. The standard InChI is InChI=1S/C25H27FN4O4/c1-25(2,3)34-24(32)30-9-7-17(8-10-30)21-14-28-22-20(21)12-19(13-27-22)29-23(31)33-15-16-5-4-6-18(26)11-16/h4-7,11-14H,8-10,15H2,1-3H3,(H,27,28)(H,29,31). The van der Waals surface area contributed by atoms with E-state index in [1.165, 1.54) is 18.3 Å². The Bertz CT molecular complexity index is 1250. The molecule has 0 fully saturated rings. The number of H-pyrrole nitrogens is 1. The van der Waals surface area contributed by atoms with E-state index in [0.717, 1.165) is 16.5 Å². The third-order valence-electron chi connectivity index (χ3n) is 5.24. The number of fused-ring (bicyclic) bond motifs is 1. The van der Waals surface area contributed by atoms with Crippen LogP contribution in [0, 0.1) is 5.82 Å². The number of nitrogens with zero attached hydrogens (tertiary/aromatic N) is 2. The van der Waals surface area contributed by atoms with Crippen molar-refractivity contribution in [2.45, 2.75) is 39.4 Å². The van der Waals surface area contributed by atoms with Crippen LogP contribution in [0.2, 0.25) is 0 Å². The number of nitrogens with one attached hydrogen (secondary N) is 2. The van der Waals surface area contributed by atoms with Crippen LogP contribution < -0.4 is 5.32 Å². The van der Waals surface area contributed by atoms with Crippen LogP contribution in [0.25, 0.3) is 16.6 Å². The van der Waals surface area contributed by atoms with Crippen LogP contribution in [0.5, 0.6) is 0 Å². The Balaban J connectivity index is 1.42. The van der Waals surface area contributed by atoms with Crippen molar-refractivity contribution in [3.05, 3.63) is 65.7 Å². The van der Waals surface area contributed by atoms with Crippen molar-refractivity contribution in [2.75, 3.05) is 18.4 Å². The summed E-state index contributed by atoms with van der Waals surface area (Å²) in [5.74, 6) is -0.387. The molecular weight excluding hydrogens is 439 g/mol. The topological polar surface area (TPSA) is 96.5 Å². The van der Waals surface area contributed by atoms with E-state index in [-0.39, 0.29) is 18.5 Å². The van der Waals surface area contributed by atoms with Crippen molar-refractivity contribution >= 4 is 34.5 Å². The van der Waals surface area contributed by atoms with Gasteiger partial charge in [0, 0.05) is 30.2 Å². The predicted octanol–water partition coefficient (Wildman–Crippen LogP) is 5.47. The summed E-state index contributed by atoms with van der Waals surface area (Å²) >= 11 is 0. The smallest absolute Gasteiger partial charge is 0.412 e. The molecule has 0 spiro atoms. The highest BCUT2D eigenvalue weighted by atomic mass is 19.1. The zero-order chi connectivity index (χ0) is 24.3. The first-order chi connectivity index (χ1) is 16.2. The van der Waals surface area contributed by atoms with Crippen LogP contribution in [0.1, 0.15) is 38.3 Å². The molecule has 0 radical (unpaired) electrons. The van der Waals surface area contributed by atoms with E-state index in [2.05, 4.69) is 15.3 Å². The van der Waals surface area contributed by atoms with Gasteiger partial charge in [-0.1, -0.05) is 18.2 Å². The third-order valence-corrected chi connectivity index (χ3v) is 5.24. The minimum atomic E-state index is -0.660. The number of rotatable bonds is 4. The van der Waals surface area contributed by atoms with Gasteiger partial charge in [-0.3, -0.25) is 5.32 Å². The van der Waals surface area contributed by atoms with Crippen LogP contribution in [0.15, 0.2) is 48.8 Å². The van der Waals surface area contributed by atoms with Crippen LogP contribution in [0.3, 0.4) is 0 Å². The van der Waals surface area contributed by atoms with E-state index in [9.17, 15) is 14.0 Å². The van der Waals surface area contributed by atoms with Gasteiger partial charge < -0.3 is 19.4 Å². The van der Waals surface area contributed by atoms with Gasteiger partial charge >= 0.3 is 12.2 Å². The Morgan fingerprint density at radius 1 is 1.26 bits per heavy atom. The minimum absolute atomic E-state index is 0.0459. The van der Waals surface area contributed by atoms with E-state index in [4.69, 9.17) is 9.47 Å². The van der Waals surface area contributed by atoms with E-state index in [0.29, 0.717) is 36.4 Å². The lowest BCUT2D eigenvalue weighted by Crippen LogP contribution is -2.39. The van der Waals surface area contributed by atoms with Gasteiger partial charge in [-0.25, -0.2) is 19.0 Å². The number of carbonyl (C=O) groups excluding carboxylic acids is 2. The first-order valence-corrected chi connectivity index (χ1v) is 11.0. The third kappa shape index (κ3) is 5.72. The van der Waals surface area contributed by atoms with Crippen molar-refractivity contribution in [3.8, 4) is 0 Å². The largest absolute Gasteiger partial charge is 0.444 e. The summed E-state index contributed by atoms with van der Waals surface area (Å²) in [6, 6.07) is 7.70. The Morgan fingerprint density at radius 3 is 2.79 bits per heavy atom. The number of aromatic nitrogens is 2. The highest BCUT2D eigenvalue weighted by molar-refractivity contribution is 5.95. The number of hydrogen-bond acceptors (Lipinski definition) is 5. The average Bonchev–Trinajstić information content (AvgIpc) is 3.20. The Kier molecular flexibility index (Phi) is 6.54. The molecule has 34 heavy (non-hydrogen) atoms. The van der Waals surface area contributed by atoms with Gasteiger partial charge in [0.25, 0.3) is 0 Å². The van der Waals surface area contributed by atoms with Crippen molar-refractivity contribution in [3.63, 3.8) is 0 Å². The number of amides is 2. The molecule has 1 aliphatic rings. The predicted molar refractivity (Wildman–Crippen MR) is 127 cm³/mol. The summed E-state index contributed by atoms with van der Waals surface area (Å²) in [7, 11) is 0. The average molecular weight is 467 g/mol. The van der Waals surface area contributed by atoms with E-state index in [1.54, 1.807) is 17.0 Å². The highest BCUT2D eigenvalue weighted by Gasteiger charge is 2.24. The fraction of sp³-hybridized carbons (Fsp3) is 0.320. The summed E-state index contributed by atoms with van der Waals surface area (Å²) in [5, 5.41) is 3.51. The van der Waals surface area contributed by atoms with Gasteiger partial charge in [0.15, 0.2) is 0 Å². The molecule has 4 rings (SSSR count). The van der Waals surface area contributed by atoms with Crippen LogP contribution in [-0.2, 0) is 16.1 Å². The quantitative estimate of drug-likeness (QED) is 0.531. The molecule has 8 nitrogen and oxygen atoms in total. The summed E-state index contributed by atoms with van der Waals surface area (Å²) in [5.41, 5.74) is 3.22. The summed E-state index contributed by atoms with van der Waals surface area (Å²) in [6.07, 6.45) is 5.09. The second kappa shape index (κ2) is 9.54. The van der Waals surface area contributed by atoms with Gasteiger partial charge in [-0.15, -0.1) is 0 Å².